The first kappa shape index (κ1) is 19.1. The SMILES string of the molecule is COc1cc(-c2ccc3c(c2)CCC(N2CCCC2C)C3)cc(OC)c1OC. The van der Waals surface area contributed by atoms with Crippen LogP contribution in [0, 0.1) is 0 Å². The van der Waals surface area contributed by atoms with Crippen molar-refractivity contribution in [3.63, 3.8) is 0 Å². The number of nitrogens with zero attached hydrogens (tertiary/aromatic N) is 1. The van der Waals surface area contributed by atoms with E-state index in [9.17, 15) is 0 Å². The lowest BCUT2D eigenvalue weighted by molar-refractivity contribution is 0.174. The van der Waals surface area contributed by atoms with Gasteiger partial charge in [0.2, 0.25) is 5.75 Å². The van der Waals surface area contributed by atoms with Crippen molar-refractivity contribution in [2.24, 2.45) is 0 Å². The number of aryl methyl sites for hydroxylation is 1. The van der Waals surface area contributed by atoms with E-state index >= 15 is 0 Å². The Morgan fingerprint density at radius 2 is 1.61 bits per heavy atom. The summed E-state index contributed by atoms with van der Waals surface area (Å²) in [6.07, 6.45) is 6.29. The number of likely N-dealkylation sites (tertiary alicyclic amines) is 1. The predicted octanol–water partition coefficient (Wildman–Crippen LogP) is 4.72. The molecule has 0 amide bonds. The Bertz CT molecular complexity index is 823. The molecular formula is C24H31NO3. The van der Waals surface area contributed by atoms with Crippen LogP contribution in [0.5, 0.6) is 17.2 Å². The zero-order chi connectivity index (χ0) is 19.7. The lowest BCUT2D eigenvalue weighted by Gasteiger charge is -2.35. The average molecular weight is 382 g/mol. The summed E-state index contributed by atoms with van der Waals surface area (Å²) in [5.74, 6) is 2.02. The van der Waals surface area contributed by atoms with Crippen LogP contribution in [0.1, 0.15) is 37.3 Å². The van der Waals surface area contributed by atoms with Crippen molar-refractivity contribution in [2.45, 2.75) is 51.1 Å². The quantitative estimate of drug-likeness (QED) is 0.750. The molecule has 2 aliphatic rings. The highest BCUT2D eigenvalue weighted by molar-refractivity contribution is 5.72. The van der Waals surface area contributed by atoms with Crippen LogP contribution in [0.25, 0.3) is 11.1 Å². The Morgan fingerprint density at radius 1 is 0.857 bits per heavy atom. The van der Waals surface area contributed by atoms with Gasteiger partial charge in [0, 0.05) is 12.1 Å². The molecule has 2 atom stereocenters. The molecule has 28 heavy (non-hydrogen) atoms. The Morgan fingerprint density at radius 3 is 2.21 bits per heavy atom. The van der Waals surface area contributed by atoms with Gasteiger partial charge < -0.3 is 14.2 Å². The van der Waals surface area contributed by atoms with Gasteiger partial charge in [0.15, 0.2) is 11.5 Å². The van der Waals surface area contributed by atoms with Gasteiger partial charge in [0.05, 0.1) is 21.3 Å². The number of hydrogen-bond donors (Lipinski definition) is 0. The highest BCUT2D eigenvalue weighted by Gasteiger charge is 2.30. The van der Waals surface area contributed by atoms with E-state index in [0.717, 1.165) is 18.0 Å². The van der Waals surface area contributed by atoms with Gasteiger partial charge in [-0.3, -0.25) is 4.90 Å². The molecule has 2 unspecified atom stereocenters. The molecule has 2 aromatic rings. The minimum atomic E-state index is 0.634. The van der Waals surface area contributed by atoms with Gasteiger partial charge in [-0.05, 0) is 80.0 Å². The second-order valence-corrected chi connectivity index (χ2v) is 8.02. The molecule has 4 rings (SSSR count). The second-order valence-electron chi connectivity index (χ2n) is 8.02. The maximum atomic E-state index is 5.52. The molecule has 0 aromatic heterocycles. The van der Waals surface area contributed by atoms with Gasteiger partial charge in [-0.2, -0.15) is 0 Å². The van der Waals surface area contributed by atoms with Crippen molar-refractivity contribution >= 4 is 0 Å². The highest BCUT2D eigenvalue weighted by Crippen LogP contribution is 2.42. The summed E-state index contributed by atoms with van der Waals surface area (Å²) in [6, 6.07) is 12.4. The van der Waals surface area contributed by atoms with E-state index in [1.165, 1.54) is 48.9 Å². The number of benzene rings is 2. The van der Waals surface area contributed by atoms with Crippen molar-refractivity contribution in [1.82, 2.24) is 4.90 Å². The van der Waals surface area contributed by atoms with Crippen LogP contribution in [0.3, 0.4) is 0 Å². The molecule has 1 heterocycles. The van der Waals surface area contributed by atoms with Crippen LogP contribution in [0.4, 0.5) is 0 Å². The first-order chi connectivity index (χ1) is 13.6. The van der Waals surface area contributed by atoms with Crippen LogP contribution in [-0.4, -0.2) is 44.9 Å². The molecule has 0 spiro atoms. The molecular weight excluding hydrogens is 350 g/mol. The van der Waals surface area contributed by atoms with E-state index in [1.807, 2.05) is 12.1 Å². The number of methoxy groups -OCH3 is 3. The third kappa shape index (κ3) is 3.46. The van der Waals surface area contributed by atoms with Crippen LogP contribution in [0.15, 0.2) is 30.3 Å². The fourth-order valence-corrected chi connectivity index (χ4v) is 4.94. The normalized spacial score (nSPS) is 22.0. The van der Waals surface area contributed by atoms with E-state index < -0.39 is 0 Å². The topological polar surface area (TPSA) is 30.9 Å². The fourth-order valence-electron chi connectivity index (χ4n) is 4.94. The van der Waals surface area contributed by atoms with Gasteiger partial charge in [0.25, 0.3) is 0 Å². The van der Waals surface area contributed by atoms with Crippen molar-refractivity contribution in [3.8, 4) is 28.4 Å². The van der Waals surface area contributed by atoms with Crippen LogP contribution in [-0.2, 0) is 12.8 Å². The molecule has 4 heteroatoms. The third-order valence-corrected chi connectivity index (χ3v) is 6.48. The van der Waals surface area contributed by atoms with E-state index in [0.29, 0.717) is 23.3 Å². The first-order valence-electron chi connectivity index (χ1n) is 10.3. The maximum absolute atomic E-state index is 5.52. The summed E-state index contributed by atoms with van der Waals surface area (Å²) >= 11 is 0. The van der Waals surface area contributed by atoms with Crippen LogP contribution in [0.2, 0.25) is 0 Å². The van der Waals surface area contributed by atoms with E-state index in [4.69, 9.17) is 14.2 Å². The summed E-state index contributed by atoms with van der Waals surface area (Å²) in [7, 11) is 4.96. The number of fused-ring (bicyclic) bond motifs is 1. The molecule has 150 valence electrons. The van der Waals surface area contributed by atoms with Crippen LogP contribution >= 0.6 is 0 Å². The molecule has 0 N–H and O–H groups in total. The molecule has 0 saturated carbocycles. The fraction of sp³-hybridized carbons (Fsp3) is 0.500. The van der Waals surface area contributed by atoms with Gasteiger partial charge in [-0.15, -0.1) is 0 Å². The van der Waals surface area contributed by atoms with Crippen molar-refractivity contribution < 1.29 is 14.2 Å². The minimum Gasteiger partial charge on any atom is -0.493 e. The molecule has 1 fully saturated rings. The molecule has 1 saturated heterocycles. The van der Waals surface area contributed by atoms with Crippen molar-refractivity contribution in [1.29, 1.82) is 0 Å². The summed E-state index contributed by atoms with van der Waals surface area (Å²) in [5.41, 5.74) is 5.28. The van der Waals surface area contributed by atoms with E-state index in [1.54, 1.807) is 21.3 Å². The largest absolute Gasteiger partial charge is 0.493 e. The Hall–Kier alpha value is -2.20. The molecule has 4 nitrogen and oxygen atoms in total. The van der Waals surface area contributed by atoms with Gasteiger partial charge >= 0.3 is 0 Å². The third-order valence-electron chi connectivity index (χ3n) is 6.48. The Balaban J connectivity index is 1.62. The summed E-state index contributed by atoms with van der Waals surface area (Å²) in [6.45, 7) is 3.65. The van der Waals surface area contributed by atoms with E-state index in [-0.39, 0.29) is 0 Å². The Kier molecular flexibility index (Phi) is 5.49. The molecule has 2 aromatic carbocycles. The number of hydrogen-bond acceptors (Lipinski definition) is 4. The average Bonchev–Trinajstić information content (AvgIpc) is 3.17. The lowest BCUT2D eigenvalue weighted by Crippen LogP contribution is -2.41. The minimum absolute atomic E-state index is 0.634. The number of rotatable bonds is 5. The lowest BCUT2D eigenvalue weighted by atomic mass is 9.85. The summed E-state index contributed by atoms with van der Waals surface area (Å²) < 4.78 is 16.5. The van der Waals surface area contributed by atoms with Gasteiger partial charge in [0.1, 0.15) is 0 Å². The molecule has 0 radical (unpaired) electrons. The summed E-state index contributed by atoms with van der Waals surface area (Å²) in [4.78, 5) is 2.73. The maximum Gasteiger partial charge on any atom is 0.203 e. The second kappa shape index (κ2) is 8.04. The van der Waals surface area contributed by atoms with Crippen LogP contribution < -0.4 is 14.2 Å². The molecule has 1 aliphatic carbocycles. The van der Waals surface area contributed by atoms with E-state index in [2.05, 4.69) is 30.0 Å². The predicted molar refractivity (Wildman–Crippen MR) is 113 cm³/mol. The zero-order valence-corrected chi connectivity index (χ0v) is 17.5. The summed E-state index contributed by atoms with van der Waals surface area (Å²) in [5, 5.41) is 0. The standard InChI is InChI=1S/C24H31NO3/c1-16-6-5-11-25(16)21-10-9-17-12-18(7-8-19(17)13-21)20-14-22(26-2)24(28-4)23(15-20)27-3/h7-8,12,14-16,21H,5-6,9-11,13H2,1-4H3. The van der Waals surface area contributed by atoms with Crippen molar-refractivity contribution in [2.75, 3.05) is 27.9 Å². The number of ether oxygens (including phenoxy) is 3. The molecule has 0 bridgehead atoms. The monoisotopic (exact) mass is 381 g/mol. The molecule has 1 aliphatic heterocycles. The Labute approximate surface area is 168 Å². The van der Waals surface area contributed by atoms with Gasteiger partial charge in [-0.1, -0.05) is 18.2 Å². The zero-order valence-electron chi connectivity index (χ0n) is 17.5. The first-order valence-corrected chi connectivity index (χ1v) is 10.3. The van der Waals surface area contributed by atoms with Gasteiger partial charge in [-0.25, -0.2) is 0 Å². The van der Waals surface area contributed by atoms with Crippen molar-refractivity contribution in [3.05, 3.63) is 41.5 Å². The smallest absolute Gasteiger partial charge is 0.203 e. The highest BCUT2D eigenvalue weighted by atomic mass is 16.5.